The number of allylic oxidation sites excluding steroid dienone is 7. The number of amidine groups is 2. The molecule has 4 heteroatoms. The van der Waals surface area contributed by atoms with Crippen molar-refractivity contribution in [3.8, 4) is 0 Å². The average Bonchev–Trinajstić information content (AvgIpc) is 2.66. The lowest BCUT2D eigenvalue weighted by atomic mass is 10.0. The summed E-state index contributed by atoms with van der Waals surface area (Å²) in [7, 11) is 0. The number of hydrogen-bond acceptors (Lipinski definition) is 1. The van der Waals surface area contributed by atoms with Crippen molar-refractivity contribution in [2.24, 2.45) is 15.7 Å². The van der Waals surface area contributed by atoms with Gasteiger partial charge in [0, 0.05) is 5.57 Å². The number of alkyl halides is 1. The molecule has 3 aliphatic carbocycles. The second kappa shape index (κ2) is 8.82. The molecular weight excluding hydrogens is 330 g/mol. The Labute approximate surface area is 154 Å². The Bertz CT molecular complexity index is 745. The molecule has 0 fully saturated rings. The van der Waals surface area contributed by atoms with Crippen LogP contribution < -0.4 is 5.73 Å². The van der Waals surface area contributed by atoms with Gasteiger partial charge in [0.25, 0.3) is 0 Å². The molecule has 0 aliphatic heterocycles. The van der Waals surface area contributed by atoms with Crippen molar-refractivity contribution in [2.45, 2.75) is 37.5 Å². The van der Waals surface area contributed by atoms with Crippen LogP contribution in [0.3, 0.4) is 0 Å². The fraction of sp³-hybridized carbons (Fsp3) is 0.333. The van der Waals surface area contributed by atoms with E-state index < -0.39 is 0 Å². The van der Waals surface area contributed by atoms with Crippen LogP contribution in [0.2, 0.25) is 0 Å². The summed E-state index contributed by atoms with van der Waals surface area (Å²) < 4.78 is 0. The number of hydrogen-bond donors (Lipinski definition) is 1. The molecule has 130 valence electrons. The van der Waals surface area contributed by atoms with Crippen molar-refractivity contribution in [1.29, 1.82) is 0 Å². The third-order valence-electron chi connectivity index (χ3n) is 4.32. The zero-order valence-electron chi connectivity index (χ0n) is 14.4. The molecule has 1 unspecified atom stereocenters. The summed E-state index contributed by atoms with van der Waals surface area (Å²) in [6.07, 6.45) is 23.8. The van der Waals surface area contributed by atoms with E-state index in [0.29, 0.717) is 18.2 Å². The highest BCUT2D eigenvalue weighted by atomic mass is 35.5. The van der Waals surface area contributed by atoms with Gasteiger partial charge in [-0.3, -0.25) is 4.99 Å². The highest BCUT2D eigenvalue weighted by molar-refractivity contribution is 6.22. The SMILES string of the molecule is NC(=NC(=NCC1=CC(Cl)CC=C1)C1=CCCC=C1)C1=CC=CCC1. The minimum atomic E-state index is 0.0557. The summed E-state index contributed by atoms with van der Waals surface area (Å²) in [4.78, 5) is 9.41. The maximum absolute atomic E-state index is 6.25. The van der Waals surface area contributed by atoms with Gasteiger partial charge in [0.1, 0.15) is 5.84 Å². The Balaban J connectivity index is 1.84. The van der Waals surface area contributed by atoms with Crippen molar-refractivity contribution in [1.82, 2.24) is 0 Å². The lowest BCUT2D eigenvalue weighted by molar-refractivity contribution is 0.995. The van der Waals surface area contributed by atoms with Crippen molar-refractivity contribution < 1.29 is 0 Å². The van der Waals surface area contributed by atoms with Crippen LogP contribution in [0.15, 0.2) is 81.4 Å². The first-order chi connectivity index (χ1) is 12.2. The van der Waals surface area contributed by atoms with Crippen molar-refractivity contribution >= 4 is 23.3 Å². The van der Waals surface area contributed by atoms with Gasteiger partial charge in [0.2, 0.25) is 0 Å². The van der Waals surface area contributed by atoms with Gasteiger partial charge in [-0.1, -0.05) is 54.7 Å². The van der Waals surface area contributed by atoms with Crippen LogP contribution >= 0.6 is 11.6 Å². The molecule has 0 bridgehead atoms. The van der Waals surface area contributed by atoms with Gasteiger partial charge in [0.15, 0.2) is 5.84 Å². The predicted molar refractivity (Wildman–Crippen MR) is 108 cm³/mol. The van der Waals surface area contributed by atoms with E-state index in [1.165, 1.54) is 0 Å². The number of halogens is 1. The third kappa shape index (κ3) is 5.17. The van der Waals surface area contributed by atoms with Crippen LogP contribution in [0, 0.1) is 0 Å². The summed E-state index contributed by atoms with van der Waals surface area (Å²) in [6, 6.07) is 0. The second-order valence-corrected chi connectivity index (χ2v) is 6.89. The number of nitrogens with zero attached hydrogens (tertiary/aromatic N) is 2. The molecule has 0 aromatic heterocycles. The molecule has 0 saturated heterocycles. The molecule has 0 radical (unpaired) electrons. The highest BCUT2D eigenvalue weighted by Crippen LogP contribution is 2.18. The Morgan fingerprint density at radius 1 is 1.16 bits per heavy atom. The third-order valence-corrected chi connectivity index (χ3v) is 4.63. The van der Waals surface area contributed by atoms with Gasteiger partial charge in [-0.15, -0.1) is 11.6 Å². The molecule has 0 aromatic carbocycles. The Kier molecular flexibility index (Phi) is 6.24. The first-order valence-electron chi connectivity index (χ1n) is 8.85. The molecule has 1 atom stereocenters. The van der Waals surface area contributed by atoms with Crippen molar-refractivity contribution in [3.63, 3.8) is 0 Å². The predicted octanol–water partition coefficient (Wildman–Crippen LogP) is 4.79. The lowest BCUT2D eigenvalue weighted by Gasteiger charge is -2.13. The highest BCUT2D eigenvalue weighted by Gasteiger charge is 2.11. The molecule has 0 saturated carbocycles. The molecule has 3 nitrogen and oxygen atoms in total. The normalized spacial score (nSPS) is 24.0. The molecule has 0 heterocycles. The van der Waals surface area contributed by atoms with E-state index in [1.807, 2.05) is 12.2 Å². The van der Waals surface area contributed by atoms with Gasteiger partial charge in [-0.25, -0.2) is 4.99 Å². The molecular formula is C21H24ClN3. The lowest BCUT2D eigenvalue weighted by Crippen LogP contribution is -2.19. The fourth-order valence-corrected chi connectivity index (χ4v) is 3.21. The summed E-state index contributed by atoms with van der Waals surface area (Å²) in [5.41, 5.74) is 9.50. The van der Waals surface area contributed by atoms with Crippen LogP contribution in [0.25, 0.3) is 0 Å². The minimum Gasteiger partial charge on any atom is -0.383 e. The summed E-state index contributed by atoms with van der Waals surface area (Å²) >= 11 is 6.20. The monoisotopic (exact) mass is 353 g/mol. The maximum atomic E-state index is 6.25. The largest absolute Gasteiger partial charge is 0.383 e. The van der Waals surface area contributed by atoms with Crippen molar-refractivity contribution in [2.75, 3.05) is 6.54 Å². The number of rotatable bonds is 4. The molecule has 3 rings (SSSR count). The van der Waals surface area contributed by atoms with E-state index in [0.717, 1.165) is 48.8 Å². The quantitative estimate of drug-likeness (QED) is 0.441. The molecule has 3 aliphatic rings. The molecule has 0 aromatic rings. The standard InChI is InChI=1S/C21H24ClN3/c22-19-13-7-8-16(14-19)15-24-21(18-11-5-2-6-12-18)25-20(23)17-9-3-1-4-10-17/h1,3,5,7-9,11-12,14,19H,2,4,6,10,13,15H2,(H2,23,24,25). The summed E-state index contributed by atoms with van der Waals surface area (Å²) in [6.45, 7) is 0.565. The number of aliphatic imine (C=N–C) groups is 2. The van der Waals surface area contributed by atoms with Gasteiger partial charge < -0.3 is 5.73 Å². The van der Waals surface area contributed by atoms with E-state index in [4.69, 9.17) is 22.3 Å². The second-order valence-electron chi connectivity index (χ2n) is 6.33. The van der Waals surface area contributed by atoms with Crippen LogP contribution in [0.4, 0.5) is 0 Å². The molecule has 25 heavy (non-hydrogen) atoms. The van der Waals surface area contributed by atoms with Crippen LogP contribution in [0.1, 0.15) is 32.1 Å². The van der Waals surface area contributed by atoms with E-state index in [2.05, 4.69) is 47.5 Å². The molecule has 0 amide bonds. The molecule has 0 spiro atoms. The van der Waals surface area contributed by atoms with Gasteiger partial charge in [-0.2, -0.15) is 0 Å². The summed E-state index contributed by atoms with van der Waals surface area (Å²) in [5.74, 6) is 1.27. The van der Waals surface area contributed by atoms with E-state index in [9.17, 15) is 0 Å². The minimum absolute atomic E-state index is 0.0557. The smallest absolute Gasteiger partial charge is 0.156 e. The Hall–Kier alpha value is -2.13. The fourth-order valence-electron chi connectivity index (χ4n) is 2.95. The maximum Gasteiger partial charge on any atom is 0.156 e. The van der Waals surface area contributed by atoms with Crippen molar-refractivity contribution in [3.05, 3.63) is 71.4 Å². The first kappa shape index (κ1) is 17.7. The van der Waals surface area contributed by atoms with E-state index >= 15 is 0 Å². The van der Waals surface area contributed by atoms with Gasteiger partial charge in [0.05, 0.1) is 11.9 Å². The zero-order chi connectivity index (χ0) is 17.5. The average molecular weight is 354 g/mol. The zero-order valence-corrected chi connectivity index (χ0v) is 15.1. The summed E-state index contributed by atoms with van der Waals surface area (Å²) in [5, 5.41) is 0.0557. The number of nitrogens with two attached hydrogens (primary N) is 1. The van der Waals surface area contributed by atoms with Crippen LogP contribution in [-0.4, -0.2) is 23.6 Å². The van der Waals surface area contributed by atoms with E-state index in [1.54, 1.807) is 0 Å². The van der Waals surface area contributed by atoms with E-state index in [-0.39, 0.29) is 5.38 Å². The molecule has 2 N–H and O–H groups in total. The van der Waals surface area contributed by atoms with Crippen LogP contribution in [0.5, 0.6) is 0 Å². The topological polar surface area (TPSA) is 50.7 Å². The first-order valence-corrected chi connectivity index (χ1v) is 9.29. The van der Waals surface area contributed by atoms with Crippen LogP contribution in [-0.2, 0) is 0 Å². The Morgan fingerprint density at radius 3 is 2.80 bits per heavy atom. The van der Waals surface area contributed by atoms with Gasteiger partial charge >= 0.3 is 0 Å². The Morgan fingerprint density at radius 2 is 2.08 bits per heavy atom. The van der Waals surface area contributed by atoms with Gasteiger partial charge in [-0.05, 0) is 43.3 Å².